The van der Waals surface area contributed by atoms with Gasteiger partial charge in [-0.2, -0.15) is 5.10 Å². The van der Waals surface area contributed by atoms with Crippen molar-refractivity contribution in [2.24, 2.45) is 0 Å². The van der Waals surface area contributed by atoms with E-state index in [1.165, 1.54) is 0 Å². The molecule has 39 heavy (non-hydrogen) atoms. The third kappa shape index (κ3) is 7.39. The Kier molecular flexibility index (Phi) is 7.71. The first kappa shape index (κ1) is 24.6. The molecule has 206 valence electrons. The van der Waals surface area contributed by atoms with Gasteiger partial charge in [-0.05, 0) is 89.9 Å². The lowest BCUT2D eigenvalue weighted by Gasteiger charge is -2.29. The lowest BCUT2D eigenvalue weighted by atomic mass is 10.1. The van der Waals surface area contributed by atoms with Gasteiger partial charge in [0, 0.05) is 35.7 Å². The van der Waals surface area contributed by atoms with Crippen LogP contribution in [0.4, 0.5) is 5.82 Å². The molecule has 2 aromatic heterocycles. The maximum atomic E-state index is 8.70. The normalized spacial score (nSPS) is 20.0. The van der Waals surface area contributed by atoms with Gasteiger partial charge in [0.15, 0.2) is 17.9 Å². The summed E-state index contributed by atoms with van der Waals surface area (Å²) < 4.78 is 37.0. The quantitative estimate of drug-likeness (QED) is 0.427. The summed E-state index contributed by atoms with van der Waals surface area (Å²) >= 11 is 0. The van der Waals surface area contributed by atoms with Crippen LogP contribution in [-0.2, 0) is 16.0 Å². The van der Waals surface area contributed by atoms with Gasteiger partial charge in [0.25, 0.3) is 0 Å². The maximum absolute atomic E-state index is 8.70. The Hall–Kier alpha value is -3.38. The first-order valence-corrected chi connectivity index (χ1v) is 13.7. The minimum absolute atomic E-state index is 0.111. The van der Waals surface area contributed by atoms with Gasteiger partial charge in [0.2, 0.25) is 0 Å². The molecule has 2 saturated heterocycles. The molecule has 8 nitrogen and oxygen atoms in total. The van der Waals surface area contributed by atoms with E-state index in [0.717, 1.165) is 56.3 Å². The number of likely N-dealkylation sites (tertiary alicyclic amines) is 1. The largest absolute Gasteiger partial charge is 0.485 e. The molecule has 2 aliphatic heterocycles. The lowest BCUT2D eigenvalue weighted by Crippen LogP contribution is -2.33. The number of aromatic nitrogens is 3. The monoisotopic (exact) mass is 531 g/mol. The Labute approximate surface area is 234 Å². The number of nitrogen functional groups attached to an aromatic ring is 1. The van der Waals surface area contributed by atoms with E-state index in [2.05, 4.69) is 33.9 Å². The third-order valence-corrected chi connectivity index (χ3v) is 7.09. The SMILES string of the molecule is [2H]C([2H])(Oc1cc(-c2cnn(C3CCN(C)CC3)c2)cnc1N)c1cccc(C#CC(C)(C)OC2CCCCO2)c1. The maximum Gasteiger partial charge on any atom is 0.166 e. The Morgan fingerprint density at radius 2 is 2.00 bits per heavy atom. The van der Waals surface area contributed by atoms with Crippen LogP contribution in [0, 0.1) is 11.8 Å². The molecule has 2 aliphatic rings. The van der Waals surface area contributed by atoms with Gasteiger partial charge >= 0.3 is 0 Å². The number of pyridine rings is 1. The molecule has 5 rings (SSSR count). The number of ether oxygens (including phenoxy) is 3. The first-order valence-electron chi connectivity index (χ1n) is 14.7. The van der Waals surface area contributed by atoms with Crippen LogP contribution in [-0.4, -0.2) is 58.3 Å². The van der Waals surface area contributed by atoms with E-state index >= 15 is 0 Å². The van der Waals surface area contributed by atoms with Crippen molar-refractivity contribution in [1.82, 2.24) is 19.7 Å². The molecule has 3 aromatic rings. The number of hydrogen-bond donors (Lipinski definition) is 1. The summed E-state index contributed by atoms with van der Waals surface area (Å²) in [5, 5.41) is 4.59. The Bertz CT molecular complexity index is 1400. The van der Waals surface area contributed by atoms with E-state index in [1.807, 2.05) is 30.8 Å². The highest BCUT2D eigenvalue weighted by molar-refractivity contribution is 5.65. The second-order valence-electron chi connectivity index (χ2n) is 10.8. The zero-order valence-corrected chi connectivity index (χ0v) is 23.0. The van der Waals surface area contributed by atoms with Crippen LogP contribution in [0.5, 0.6) is 5.75 Å². The van der Waals surface area contributed by atoms with Crippen molar-refractivity contribution in [3.63, 3.8) is 0 Å². The Balaban J connectivity index is 1.30. The summed E-state index contributed by atoms with van der Waals surface area (Å²) in [5.41, 5.74) is 8.01. The van der Waals surface area contributed by atoms with Crippen molar-refractivity contribution in [2.75, 3.05) is 32.5 Å². The Morgan fingerprint density at radius 1 is 1.15 bits per heavy atom. The minimum atomic E-state index is -2.17. The van der Waals surface area contributed by atoms with E-state index in [-0.39, 0.29) is 17.9 Å². The first-order chi connectivity index (χ1) is 19.6. The van der Waals surface area contributed by atoms with Gasteiger partial charge in [-0.25, -0.2) is 4.98 Å². The fourth-order valence-electron chi connectivity index (χ4n) is 4.80. The van der Waals surface area contributed by atoms with Crippen molar-refractivity contribution in [3.8, 4) is 28.7 Å². The molecule has 1 aromatic carbocycles. The van der Waals surface area contributed by atoms with Crippen LogP contribution < -0.4 is 10.5 Å². The smallest absolute Gasteiger partial charge is 0.166 e. The predicted molar refractivity (Wildman–Crippen MR) is 152 cm³/mol. The summed E-state index contributed by atoms with van der Waals surface area (Å²) in [7, 11) is 2.14. The van der Waals surface area contributed by atoms with Crippen molar-refractivity contribution < 1.29 is 17.0 Å². The predicted octanol–water partition coefficient (Wildman–Crippen LogP) is 5.05. The number of benzene rings is 1. The second kappa shape index (κ2) is 12.2. The number of piperidine rings is 1. The summed E-state index contributed by atoms with van der Waals surface area (Å²) in [4.78, 5) is 6.61. The second-order valence-corrected chi connectivity index (χ2v) is 10.8. The van der Waals surface area contributed by atoms with Gasteiger partial charge in [0.05, 0.1) is 15.0 Å². The standard InChI is InChI=1S/C31H39N5O3/c1-31(2,39-29-9-4-5-16-37-29)13-10-23-7-6-8-24(17-23)22-38-28-18-25(19-33-30(28)32)26-20-34-36(21-26)27-11-14-35(3)15-12-27/h6-8,17-21,27,29H,4-5,9,11-12,14-16,22H2,1-3H3,(H2,32,33)/i22D2. The van der Waals surface area contributed by atoms with E-state index < -0.39 is 12.2 Å². The van der Waals surface area contributed by atoms with Gasteiger partial charge in [0.1, 0.15) is 12.2 Å². The molecule has 0 amide bonds. The van der Waals surface area contributed by atoms with Crippen molar-refractivity contribution in [1.29, 1.82) is 0 Å². The number of hydrogen-bond acceptors (Lipinski definition) is 7. The highest BCUT2D eigenvalue weighted by atomic mass is 16.7. The Morgan fingerprint density at radius 3 is 2.79 bits per heavy atom. The highest BCUT2D eigenvalue weighted by Crippen LogP contribution is 2.29. The number of nitrogens with two attached hydrogens (primary N) is 1. The summed E-state index contributed by atoms with van der Waals surface area (Å²) in [5.74, 6) is 6.56. The molecule has 0 bridgehead atoms. The van der Waals surface area contributed by atoms with E-state index in [0.29, 0.717) is 23.8 Å². The van der Waals surface area contributed by atoms with Crippen LogP contribution in [0.15, 0.2) is 48.9 Å². The average Bonchev–Trinajstić information content (AvgIpc) is 3.44. The lowest BCUT2D eigenvalue weighted by molar-refractivity contribution is -0.199. The van der Waals surface area contributed by atoms with Crippen LogP contribution in [0.2, 0.25) is 0 Å². The molecule has 8 heteroatoms. The van der Waals surface area contributed by atoms with E-state index in [9.17, 15) is 0 Å². The number of rotatable bonds is 7. The van der Waals surface area contributed by atoms with Crippen LogP contribution in [0.3, 0.4) is 0 Å². The summed E-state index contributed by atoms with van der Waals surface area (Å²) in [6.45, 7) is 4.44. The van der Waals surface area contributed by atoms with E-state index in [1.54, 1.807) is 36.7 Å². The zero-order valence-electron chi connectivity index (χ0n) is 25.0. The molecule has 2 fully saturated rings. The van der Waals surface area contributed by atoms with Gasteiger partial charge in [-0.1, -0.05) is 24.0 Å². The van der Waals surface area contributed by atoms with Crippen molar-refractivity contribution in [2.45, 2.75) is 70.4 Å². The van der Waals surface area contributed by atoms with Gasteiger partial charge in [-0.15, -0.1) is 0 Å². The van der Waals surface area contributed by atoms with Crippen molar-refractivity contribution in [3.05, 3.63) is 60.0 Å². The number of nitrogens with zero attached hydrogens (tertiary/aromatic N) is 4. The molecule has 2 N–H and O–H groups in total. The van der Waals surface area contributed by atoms with Gasteiger partial charge in [-0.3, -0.25) is 4.68 Å². The average molecular weight is 532 g/mol. The third-order valence-electron chi connectivity index (χ3n) is 7.09. The van der Waals surface area contributed by atoms with E-state index in [4.69, 9.17) is 22.7 Å². The molecule has 1 atom stereocenters. The molecular weight excluding hydrogens is 490 g/mol. The summed E-state index contributed by atoms with van der Waals surface area (Å²) in [6.07, 6.45) is 10.3. The zero-order chi connectivity index (χ0) is 29.0. The highest BCUT2D eigenvalue weighted by Gasteiger charge is 2.24. The minimum Gasteiger partial charge on any atom is -0.485 e. The molecule has 0 radical (unpaired) electrons. The van der Waals surface area contributed by atoms with Crippen molar-refractivity contribution >= 4 is 5.82 Å². The van der Waals surface area contributed by atoms with Gasteiger partial charge < -0.3 is 24.8 Å². The number of anilines is 1. The summed E-state index contributed by atoms with van der Waals surface area (Å²) in [6, 6.07) is 9.01. The van der Waals surface area contributed by atoms with Crippen LogP contribution in [0.1, 0.15) is 65.9 Å². The molecular formula is C31H39N5O3. The molecule has 0 saturated carbocycles. The molecule has 4 heterocycles. The topological polar surface area (TPSA) is 87.7 Å². The molecule has 0 aliphatic carbocycles. The van der Waals surface area contributed by atoms with Crippen LogP contribution in [0.25, 0.3) is 11.1 Å². The molecule has 0 spiro atoms. The molecule has 1 unspecified atom stereocenters. The van der Waals surface area contributed by atoms with Crippen LogP contribution >= 0.6 is 0 Å². The fraction of sp³-hybridized carbons (Fsp3) is 0.484. The fourth-order valence-corrected chi connectivity index (χ4v) is 4.80.